The van der Waals surface area contributed by atoms with Crippen LogP contribution in [0.2, 0.25) is 0 Å². The number of carbonyl (C=O) groups excluding carboxylic acids is 2. The van der Waals surface area contributed by atoms with Crippen molar-refractivity contribution >= 4 is 21.8 Å². The van der Waals surface area contributed by atoms with Crippen molar-refractivity contribution in [2.24, 2.45) is 0 Å². The number of amides is 2. The fourth-order valence-electron chi connectivity index (χ4n) is 4.20. The van der Waals surface area contributed by atoms with Gasteiger partial charge in [0.15, 0.2) is 11.5 Å². The highest BCUT2D eigenvalue weighted by Gasteiger charge is 2.30. The summed E-state index contributed by atoms with van der Waals surface area (Å²) < 4.78 is 50.3. The van der Waals surface area contributed by atoms with Gasteiger partial charge in [-0.25, -0.2) is 12.8 Å². The molecule has 0 aliphatic carbocycles. The molecule has 1 atom stereocenters. The zero-order valence-electron chi connectivity index (χ0n) is 23.7. The number of ether oxygens (including phenoxy) is 2. The number of rotatable bonds is 14. The van der Waals surface area contributed by atoms with E-state index in [1.807, 2.05) is 18.2 Å². The van der Waals surface area contributed by atoms with Crippen molar-refractivity contribution in [3.8, 4) is 11.5 Å². The molecule has 2 amide bonds. The molecule has 0 saturated carbocycles. The van der Waals surface area contributed by atoms with Crippen molar-refractivity contribution < 1.29 is 31.9 Å². The molecule has 0 bridgehead atoms. The maximum atomic E-state index is 13.6. The van der Waals surface area contributed by atoms with Gasteiger partial charge < -0.3 is 19.7 Å². The third kappa shape index (κ3) is 9.29. The summed E-state index contributed by atoms with van der Waals surface area (Å²) in [4.78, 5) is 28.1. The zero-order valence-corrected chi connectivity index (χ0v) is 24.5. The highest BCUT2D eigenvalue weighted by Crippen LogP contribution is 2.27. The minimum absolute atomic E-state index is 0.00169. The Morgan fingerprint density at radius 3 is 2.10 bits per heavy atom. The first-order valence-electron chi connectivity index (χ1n) is 13.0. The fraction of sp³-hybridized carbons (Fsp3) is 0.333. The third-order valence-corrected chi connectivity index (χ3v) is 7.77. The molecule has 1 unspecified atom stereocenters. The molecule has 220 valence electrons. The van der Waals surface area contributed by atoms with E-state index in [1.54, 1.807) is 51.5 Å². The molecular formula is C30H36FN3O6S. The number of hydrogen-bond acceptors (Lipinski definition) is 6. The maximum absolute atomic E-state index is 13.6. The molecule has 11 heteroatoms. The molecule has 0 spiro atoms. The first-order chi connectivity index (χ1) is 19.5. The lowest BCUT2D eigenvalue weighted by Crippen LogP contribution is -2.51. The van der Waals surface area contributed by atoms with Crippen LogP contribution in [0, 0.1) is 5.82 Å². The predicted octanol–water partition coefficient (Wildman–Crippen LogP) is 3.38. The third-order valence-electron chi connectivity index (χ3n) is 6.58. The van der Waals surface area contributed by atoms with Crippen LogP contribution in [-0.2, 0) is 39.1 Å². The topological polar surface area (TPSA) is 105 Å². The lowest BCUT2D eigenvalue weighted by Gasteiger charge is -2.31. The lowest BCUT2D eigenvalue weighted by molar-refractivity contribution is -0.140. The second kappa shape index (κ2) is 14.6. The Labute approximate surface area is 240 Å². The molecule has 3 rings (SSSR count). The Kier molecular flexibility index (Phi) is 11.2. The minimum atomic E-state index is -3.76. The molecule has 0 heterocycles. The molecular weight excluding hydrogens is 549 g/mol. The van der Waals surface area contributed by atoms with Crippen LogP contribution in [0.25, 0.3) is 0 Å². The van der Waals surface area contributed by atoms with Gasteiger partial charge >= 0.3 is 0 Å². The first-order valence-corrected chi connectivity index (χ1v) is 14.9. The lowest BCUT2D eigenvalue weighted by atomic mass is 10.1. The summed E-state index contributed by atoms with van der Waals surface area (Å²) in [5.41, 5.74) is 2.23. The van der Waals surface area contributed by atoms with Gasteiger partial charge in [-0.3, -0.25) is 9.59 Å². The van der Waals surface area contributed by atoms with Crippen LogP contribution in [0.5, 0.6) is 11.5 Å². The SMILES string of the molecule is COc1ccc(CCNC(=O)C(C)N(Cc2ccc(F)cc2)C(=O)CN(Cc2ccccc2)S(C)(=O)=O)cc1OC. The molecule has 9 nitrogen and oxygen atoms in total. The number of halogens is 1. The number of hydrogen-bond donors (Lipinski definition) is 1. The molecule has 0 saturated heterocycles. The van der Waals surface area contributed by atoms with Gasteiger partial charge in [-0.1, -0.05) is 48.5 Å². The number of carbonyl (C=O) groups is 2. The van der Waals surface area contributed by atoms with E-state index < -0.39 is 40.2 Å². The molecule has 1 N–H and O–H groups in total. The Morgan fingerprint density at radius 2 is 1.49 bits per heavy atom. The average molecular weight is 586 g/mol. The van der Waals surface area contributed by atoms with Gasteiger partial charge in [-0.05, 0) is 54.3 Å². The Balaban J connectivity index is 1.75. The van der Waals surface area contributed by atoms with Gasteiger partial charge in [0.25, 0.3) is 0 Å². The van der Waals surface area contributed by atoms with E-state index >= 15 is 0 Å². The van der Waals surface area contributed by atoms with Crippen LogP contribution in [0.4, 0.5) is 4.39 Å². The van der Waals surface area contributed by atoms with Crippen LogP contribution in [-0.4, -0.2) is 69.0 Å². The quantitative estimate of drug-likeness (QED) is 0.311. The number of nitrogens with zero attached hydrogens (tertiary/aromatic N) is 2. The van der Waals surface area contributed by atoms with Crippen LogP contribution >= 0.6 is 0 Å². The summed E-state index contributed by atoms with van der Waals surface area (Å²) in [6.45, 7) is 1.40. The highest BCUT2D eigenvalue weighted by atomic mass is 32.2. The van der Waals surface area contributed by atoms with Gasteiger partial charge in [-0.2, -0.15) is 4.31 Å². The molecule has 0 aliphatic heterocycles. The average Bonchev–Trinajstić information content (AvgIpc) is 2.96. The summed E-state index contributed by atoms with van der Waals surface area (Å²) in [5.74, 6) is -0.224. The standard InChI is InChI=1S/C30H36FN3O6S/c1-22(30(36)32-17-16-23-12-15-27(39-2)28(18-23)40-3)34(20-25-10-13-26(31)14-11-25)29(35)21-33(41(4,37)38)19-24-8-6-5-7-9-24/h5-15,18,22H,16-17,19-21H2,1-4H3,(H,32,36). The van der Waals surface area contributed by atoms with Gasteiger partial charge in [0.1, 0.15) is 11.9 Å². The fourth-order valence-corrected chi connectivity index (χ4v) is 4.93. The molecule has 0 radical (unpaired) electrons. The smallest absolute Gasteiger partial charge is 0.242 e. The van der Waals surface area contributed by atoms with E-state index in [-0.39, 0.29) is 13.1 Å². The summed E-state index contributed by atoms with van der Waals surface area (Å²) in [6.07, 6.45) is 1.54. The summed E-state index contributed by atoms with van der Waals surface area (Å²) in [5, 5.41) is 2.85. The molecule has 0 aromatic heterocycles. The highest BCUT2D eigenvalue weighted by molar-refractivity contribution is 7.88. The Bertz CT molecular complexity index is 1420. The van der Waals surface area contributed by atoms with E-state index in [0.717, 1.165) is 21.7 Å². The summed E-state index contributed by atoms with van der Waals surface area (Å²) >= 11 is 0. The number of sulfonamides is 1. The van der Waals surface area contributed by atoms with Crippen molar-refractivity contribution in [3.63, 3.8) is 0 Å². The predicted molar refractivity (Wildman–Crippen MR) is 154 cm³/mol. The second-order valence-electron chi connectivity index (χ2n) is 9.57. The van der Waals surface area contributed by atoms with Crippen LogP contribution in [0.3, 0.4) is 0 Å². The van der Waals surface area contributed by atoms with Crippen molar-refractivity contribution in [1.82, 2.24) is 14.5 Å². The van der Waals surface area contributed by atoms with E-state index in [0.29, 0.717) is 30.0 Å². The zero-order chi connectivity index (χ0) is 30.0. The maximum Gasteiger partial charge on any atom is 0.242 e. The van der Waals surface area contributed by atoms with Gasteiger partial charge in [0.05, 0.1) is 27.0 Å². The first kappa shape index (κ1) is 31.6. The summed E-state index contributed by atoms with van der Waals surface area (Å²) in [7, 11) is -0.661. The van der Waals surface area contributed by atoms with E-state index in [2.05, 4.69) is 5.32 Å². The second-order valence-corrected chi connectivity index (χ2v) is 11.6. The number of nitrogens with one attached hydrogen (secondary N) is 1. The van der Waals surface area contributed by atoms with E-state index in [1.165, 1.54) is 29.2 Å². The summed E-state index contributed by atoms with van der Waals surface area (Å²) in [6, 6.07) is 19.1. The number of methoxy groups -OCH3 is 2. The monoisotopic (exact) mass is 585 g/mol. The van der Waals surface area contributed by atoms with E-state index in [4.69, 9.17) is 9.47 Å². The number of benzene rings is 3. The molecule has 3 aromatic rings. The van der Waals surface area contributed by atoms with Crippen molar-refractivity contribution in [2.45, 2.75) is 32.5 Å². The normalized spacial score (nSPS) is 12.0. The van der Waals surface area contributed by atoms with Crippen molar-refractivity contribution in [3.05, 3.63) is 95.3 Å². The van der Waals surface area contributed by atoms with Gasteiger partial charge in [0.2, 0.25) is 21.8 Å². The van der Waals surface area contributed by atoms with Crippen LogP contribution in [0.15, 0.2) is 72.8 Å². The molecule has 0 aliphatic rings. The molecule has 0 fully saturated rings. The van der Waals surface area contributed by atoms with Crippen LogP contribution in [0.1, 0.15) is 23.6 Å². The van der Waals surface area contributed by atoms with Gasteiger partial charge in [0, 0.05) is 19.6 Å². The van der Waals surface area contributed by atoms with Crippen molar-refractivity contribution in [2.75, 3.05) is 33.6 Å². The Morgan fingerprint density at radius 1 is 0.878 bits per heavy atom. The molecule has 41 heavy (non-hydrogen) atoms. The largest absolute Gasteiger partial charge is 0.493 e. The van der Waals surface area contributed by atoms with Crippen LogP contribution < -0.4 is 14.8 Å². The van der Waals surface area contributed by atoms with Crippen molar-refractivity contribution in [1.29, 1.82) is 0 Å². The minimum Gasteiger partial charge on any atom is -0.493 e. The van der Waals surface area contributed by atoms with E-state index in [9.17, 15) is 22.4 Å². The molecule has 3 aromatic carbocycles. The Hall–Kier alpha value is -3.96. The van der Waals surface area contributed by atoms with Gasteiger partial charge in [-0.15, -0.1) is 0 Å².